The van der Waals surface area contributed by atoms with Crippen molar-refractivity contribution in [2.24, 2.45) is 0 Å². The van der Waals surface area contributed by atoms with Crippen LogP contribution in [-0.2, 0) is 6.54 Å². The third-order valence-electron chi connectivity index (χ3n) is 3.46. The van der Waals surface area contributed by atoms with Gasteiger partial charge in [-0.1, -0.05) is 13.0 Å². The highest BCUT2D eigenvalue weighted by molar-refractivity contribution is 5.13. The lowest BCUT2D eigenvalue weighted by Gasteiger charge is -2.32. The number of pyridine rings is 1. The van der Waals surface area contributed by atoms with Crippen molar-refractivity contribution in [3.8, 4) is 0 Å². The Hall–Kier alpha value is -0.930. The van der Waals surface area contributed by atoms with Gasteiger partial charge in [0.15, 0.2) is 0 Å². The summed E-state index contributed by atoms with van der Waals surface area (Å²) in [4.78, 5) is 6.88. The number of hydrogen-bond donors (Lipinski definition) is 1. The van der Waals surface area contributed by atoms with Crippen LogP contribution >= 0.6 is 0 Å². The third kappa shape index (κ3) is 3.79. The molecule has 1 aromatic rings. The molecule has 1 saturated heterocycles. The fourth-order valence-electron chi connectivity index (χ4n) is 2.43. The summed E-state index contributed by atoms with van der Waals surface area (Å²) in [6.07, 6.45) is 4.55. The van der Waals surface area contributed by atoms with Gasteiger partial charge in [-0.3, -0.25) is 9.88 Å². The normalized spacial score (nSPS) is 18.5. The Balaban J connectivity index is 1.79. The zero-order chi connectivity index (χ0) is 12.1. The molecule has 17 heavy (non-hydrogen) atoms. The number of nitrogens with one attached hydrogen (secondary N) is 1. The highest BCUT2D eigenvalue weighted by Crippen LogP contribution is 2.13. The van der Waals surface area contributed by atoms with Gasteiger partial charge >= 0.3 is 0 Å². The van der Waals surface area contributed by atoms with E-state index in [1.54, 1.807) is 0 Å². The van der Waals surface area contributed by atoms with Crippen molar-refractivity contribution in [3.63, 3.8) is 0 Å². The molecule has 0 amide bonds. The molecule has 1 aliphatic rings. The van der Waals surface area contributed by atoms with Crippen LogP contribution in [0.4, 0.5) is 0 Å². The lowest BCUT2D eigenvalue weighted by atomic mass is 10.0. The van der Waals surface area contributed by atoms with Gasteiger partial charge in [-0.05, 0) is 51.0 Å². The number of likely N-dealkylation sites (tertiary alicyclic amines) is 1. The van der Waals surface area contributed by atoms with Gasteiger partial charge in [0.2, 0.25) is 0 Å². The van der Waals surface area contributed by atoms with Gasteiger partial charge in [0.25, 0.3) is 0 Å². The number of aryl methyl sites for hydroxylation is 1. The van der Waals surface area contributed by atoms with Crippen LogP contribution in [0.2, 0.25) is 0 Å². The van der Waals surface area contributed by atoms with Crippen molar-refractivity contribution in [1.29, 1.82) is 0 Å². The Bertz CT molecular complexity index is 326. The van der Waals surface area contributed by atoms with Crippen molar-refractivity contribution >= 4 is 0 Å². The van der Waals surface area contributed by atoms with E-state index in [-0.39, 0.29) is 0 Å². The molecule has 0 radical (unpaired) electrons. The molecule has 1 fully saturated rings. The first-order valence-corrected chi connectivity index (χ1v) is 6.65. The quantitative estimate of drug-likeness (QED) is 0.861. The van der Waals surface area contributed by atoms with E-state index in [9.17, 15) is 0 Å². The number of piperidine rings is 1. The van der Waals surface area contributed by atoms with Gasteiger partial charge < -0.3 is 5.32 Å². The van der Waals surface area contributed by atoms with Crippen LogP contribution in [-0.4, -0.2) is 35.6 Å². The van der Waals surface area contributed by atoms with E-state index in [0.29, 0.717) is 0 Å². The van der Waals surface area contributed by atoms with Crippen LogP contribution in [0.25, 0.3) is 0 Å². The summed E-state index contributed by atoms with van der Waals surface area (Å²) >= 11 is 0. The summed E-state index contributed by atoms with van der Waals surface area (Å²) in [5.41, 5.74) is 2.43. The molecular formula is C14H23N3. The molecule has 3 heteroatoms. The molecule has 2 heterocycles. The Kier molecular flexibility index (Phi) is 4.51. The summed E-state index contributed by atoms with van der Waals surface area (Å²) in [5.74, 6) is 0. The third-order valence-corrected chi connectivity index (χ3v) is 3.46. The first kappa shape index (κ1) is 12.5. The standard InChI is InChI=1S/C14H23N3/c1-3-15-14-6-8-17(9-7-14)11-13-5-4-12(2)16-10-13/h4-5,10,14-15H,3,6-9,11H2,1-2H3. The number of rotatable bonds is 4. The van der Waals surface area contributed by atoms with E-state index in [1.165, 1.54) is 31.5 Å². The summed E-state index contributed by atoms with van der Waals surface area (Å²) in [6.45, 7) is 8.76. The molecule has 1 N–H and O–H groups in total. The molecule has 2 rings (SSSR count). The van der Waals surface area contributed by atoms with Crippen LogP contribution in [0, 0.1) is 6.92 Å². The minimum Gasteiger partial charge on any atom is -0.314 e. The molecule has 0 unspecified atom stereocenters. The molecule has 94 valence electrons. The maximum absolute atomic E-state index is 4.35. The second-order valence-electron chi connectivity index (χ2n) is 4.92. The van der Waals surface area contributed by atoms with Crippen molar-refractivity contribution in [2.75, 3.05) is 19.6 Å². The summed E-state index contributed by atoms with van der Waals surface area (Å²) in [6, 6.07) is 5.02. The van der Waals surface area contributed by atoms with Crippen LogP contribution in [0.15, 0.2) is 18.3 Å². The van der Waals surface area contributed by atoms with Gasteiger partial charge in [-0.15, -0.1) is 0 Å². The van der Waals surface area contributed by atoms with Gasteiger partial charge in [0.05, 0.1) is 0 Å². The monoisotopic (exact) mass is 233 g/mol. The average molecular weight is 233 g/mol. The first-order valence-electron chi connectivity index (χ1n) is 6.65. The smallest absolute Gasteiger partial charge is 0.0372 e. The van der Waals surface area contributed by atoms with Gasteiger partial charge in [0, 0.05) is 24.5 Å². The Morgan fingerprint density at radius 2 is 2.12 bits per heavy atom. The van der Waals surface area contributed by atoms with Gasteiger partial charge in [0.1, 0.15) is 0 Å². The van der Waals surface area contributed by atoms with Crippen molar-refractivity contribution in [2.45, 2.75) is 39.3 Å². The molecule has 0 spiro atoms. The van der Waals surface area contributed by atoms with E-state index in [4.69, 9.17) is 0 Å². The van der Waals surface area contributed by atoms with E-state index in [1.807, 2.05) is 13.1 Å². The van der Waals surface area contributed by atoms with Crippen LogP contribution in [0.3, 0.4) is 0 Å². The Morgan fingerprint density at radius 1 is 1.35 bits per heavy atom. The summed E-state index contributed by atoms with van der Waals surface area (Å²) in [7, 11) is 0. The van der Waals surface area contributed by atoms with E-state index in [2.05, 4.69) is 34.3 Å². The zero-order valence-electron chi connectivity index (χ0n) is 10.9. The zero-order valence-corrected chi connectivity index (χ0v) is 10.9. The number of nitrogens with zero attached hydrogens (tertiary/aromatic N) is 2. The SMILES string of the molecule is CCNC1CCN(Cc2ccc(C)nc2)CC1. The lowest BCUT2D eigenvalue weighted by molar-refractivity contribution is 0.191. The molecule has 0 aromatic carbocycles. The molecular weight excluding hydrogens is 210 g/mol. The predicted molar refractivity (Wildman–Crippen MR) is 70.9 cm³/mol. The average Bonchev–Trinajstić information content (AvgIpc) is 2.35. The minimum absolute atomic E-state index is 0.729. The molecule has 0 atom stereocenters. The molecule has 0 bridgehead atoms. The van der Waals surface area contributed by atoms with Gasteiger partial charge in [-0.25, -0.2) is 0 Å². The van der Waals surface area contributed by atoms with E-state index < -0.39 is 0 Å². The molecule has 0 aliphatic carbocycles. The van der Waals surface area contributed by atoms with E-state index >= 15 is 0 Å². The largest absolute Gasteiger partial charge is 0.314 e. The fourth-order valence-corrected chi connectivity index (χ4v) is 2.43. The first-order chi connectivity index (χ1) is 8.28. The van der Waals surface area contributed by atoms with Crippen LogP contribution in [0.5, 0.6) is 0 Å². The maximum Gasteiger partial charge on any atom is 0.0372 e. The number of aromatic nitrogens is 1. The topological polar surface area (TPSA) is 28.2 Å². The van der Waals surface area contributed by atoms with Crippen molar-refractivity contribution in [1.82, 2.24) is 15.2 Å². The van der Waals surface area contributed by atoms with Crippen molar-refractivity contribution < 1.29 is 0 Å². The summed E-state index contributed by atoms with van der Waals surface area (Å²) < 4.78 is 0. The molecule has 3 nitrogen and oxygen atoms in total. The highest BCUT2D eigenvalue weighted by Gasteiger charge is 2.17. The van der Waals surface area contributed by atoms with Crippen LogP contribution < -0.4 is 5.32 Å². The lowest BCUT2D eigenvalue weighted by Crippen LogP contribution is -2.42. The molecule has 1 aromatic heterocycles. The Morgan fingerprint density at radius 3 is 2.71 bits per heavy atom. The van der Waals surface area contributed by atoms with E-state index in [0.717, 1.165) is 24.8 Å². The molecule has 1 aliphatic heterocycles. The van der Waals surface area contributed by atoms with Gasteiger partial charge in [-0.2, -0.15) is 0 Å². The second kappa shape index (κ2) is 6.12. The second-order valence-corrected chi connectivity index (χ2v) is 4.92. The fraction of sp³-hybridized carbons (Fsp3) is 0.643. The molecule has 0 saturated carbocycles. The predicted octanol–water partition coefficient (Wildman–Crippen LogP) is 1.96. The number of hydrogen-bond acceptors (Lipinski definition) is 3. The maximum atomic E-state index is 4.35. The minimum atomic E-state index is 0.729. The highest BCUT2D eigenvalue weighted by atomic mass is 15.1. The van der Waals surface area contributed by atoms with Crippen molar-refractivity contribution in [3.05, 3.63) is 29.6 Å². The summed E-state index contributed by atoms with van der Waals surface area (Å²) in [5, 5.41) is 3.54. The van der Waals surface area contributed by atoms with Crippen LogP contribution in [0.1, 0.15) is 31.0 Å². The Labute approximate surface area is 104 Å².